The van der Waals surface area contributed by atoms with Crippen LogP contribution in [0.4, 0.5) is 0 Å². The van der Waals surface area contributed by atoms with Gasteiger partial charge in [-0.3, -0.25) is 9.59 Å². The normalized spacial score (nSPS) is 30.1. The fourth-order valence-electron chi connectivity index (χ4n) is 3.31. The third kappa shape index (κ3) is 3.67. The summed E-state index contributed by atoms with van der Waals surface area (Å²) in [5.41, 5.74) is 1.11. The van der Waals surface area contributed by atoms with Gasteiger partial charge in [0.2, 0.25) is 0 Å². The number of ether oxygens (including phenoxy) is 2. The second-order valence-electron chi connectivity index (χ2n) is 6.27. The van der Waals surface area contributed by atoms with Crippen LogP contribution >= 0.6 is 0 Å². The summed E-state index contributed by atoms with van der Waals surface area (Å²) in [6.07, 6.45) is -0.329. The van der Waals surface area contributed by atoms with E-state index in [0.717, 1.165) is 5.56 Å². The van der Waals surface area contributed by atoms with Gasteiger partial charge in [0.05, 0.1) is 6.42 Å². The van der Waals surface area contributed by atoms with Gasteiger partial charge in [-0.1, -0.05) is 51.1 Å². The highest BCUT2D eigenvalue weighted by Gasteiger charge is 2.41. The van der Waals surface area contributed by atoms with Gasteiger partial charge in [-0.25, -0.2) is 0 Å². The van der Waals surface area contributed by atoms with Gasteiger partial charge in [0, 0.05) is 24.7 Å². The third-order valence-corrected chi connectivity index (χ3v) is 4.47. The molecule has 22 heavy (non-hydrogen) atoms. The van der Waals surface area contributed by atoms with Crippen molar-refractivity contribution in [1.82, 2.24) is 0 Å². The number of hydrogen-bond acceptors (Lipinski definition) is 4. The van der Waals surface area contributed by atoms with E-state index < -0.39 is 0 Å². The molecule has 1 heterocycles. The molecule has 0 aromatic heterocycles. The summed E-state index contributed by atoms with van der Waals surface area (Å²) in [7, 11) is 0. The molecule has 1 aromatic carbocycles. The first-order valence-corrected chi connectivity index (χ1v) is 7.81. The predicted octanol–water partition coefficient (Wildman–Crippen LogP) is 3.31. The van der Waals surface area contributed by atoms with Crippen molar-refractivity contribution in [2.75, 3.05) is 0 Å². The van der Waals surface area contributed by atoms with Crippen LogP contribution in [-0.4, -0.2) is 24.1 Å². The van der Waals surface area contributed by atoms with Crippen LogP contribution in [0.3, 0.4) is 0 Å². The molecule has 0 amide bonds. The van der Waals surface area contributed by atoms with Crippen LogP contribution in [0.15, 0.2) is 30.3 Å². The van der Waals surface area contributed by atoms with Crippen molar-refractivity contribution in [2.45, 2.75) is 52.2 Å². The molecule has 5 atom stereocenters. The van der Waals surface area contributed by atoms with E-state index in [1.54, 1.807) is 0 Å². The van der Waals surface area contributed by atoms with Gasteiger partial charge in [0.15, 0.2) is 0 Å². The molecule has 1 aliphatic rings. The van der Waals surface area contributed by atoms with Crippen molar-refractivity contribution in [3.63, 3.8) is 0 Å². The van der Waals surface area contributed by atoms with Crippen molar-refractivity contribution >= 4 is 11.9 Å². The van der Waals surface area contributed by atoms with Crippen LogP contribution in [0.25, 0.3) is 0 Å². The highest BCUT2D eigenvalue weighted by molar-refractivity contribution is 5.71. The Balaban J connectivity index is 2.28. The maximum Gasteiger partial charge on any atom is 0.306 e. The van der Waals surface area contributed by atoms with Crippen LogP contribution in [0, 0.1) is 11.8 Å². The maximum atomic E-state index is 12.1. The molecule has 4 nitrogen and oxygen atoms in total. The average molecular weight is 304 g/mol. The number of benzene rings is 1. The first-order valence-electron chi connectivity index (χ1n) is 7.81. The van der Waals surface area contributed by atoms with E-state index in [9.17, 15) is 9.59 Å². The van der Waals surface area contributed by atoms with E-state index in [4.69, 9.17) is 9.47 Å². The predicted molar refractivity (Wildman–Crippen MR) is 83.2 cm³/mol. The van der Waals surface area contributed by atoms with Gasteiger partial charge < -0.3 is 9.47 Å². The summed E-state index contributed by atoms with van der Waals surface area (Å²) in [5.74, 6) is -0.589. The molecule has 1 aromatic rings. The summed E-state index contributed by atoms with van der Waals surface area (Å²) in [6.45, 7) is 7.38. The fraction of sp³-hybridized carbons (Fsp3) is 0.556. The molecule has 0 saturated carbocycles. The number of hydrogen-bond donors (Lipinski definition) is 0. The van der Waals surface area contributed by atoms with Gasteiger partial charge in [-0.05, 0) is 5.56 Å². The van der Waals surface area contributed by atoms with Gasteiger partial charge in [0.25, 0.3) is 0 Å². The first kappa shape index (κ1) is 16.5. The third-order valence-electron chi connectivity index (χ3n) is 4.47. The largest absolute Gasteiger partial charge is 0.462 e. The quantitative estimate of drug-likeness (QED) is 0.804. The zero-order chi connectivity index (χ0) is 16.3. The molecule has 0 spiro atoms. The molecular formula is C18H24O4. The Morgan fingerprint density at radius 3 is 2.50 bits per heavy atom. The minimum atomic E-state index is -0.316. The standard InChI is InChI=1S/C18H24O4/c1-11-10-16(20)22-18(13(3)17(11)21-14(4)19)12(2)15-8-6-5-7-9-15/h5-9,11-13,17-18H,10H2,1-4H3/t11-,12+,13-,17+,18-/m0/s1. The van der Waals surface area contributed by atoms with Crippen molar-refractivity contribution < 1.29 is 19.1 Å². The minimum Gasteiger partial charge on any atom is -0.462 e. The Morgan fingerprint density at radius 2 is 1.91 bits per heavy atom. The second kappa shape index (κ2) is 6.95. The van der Waals surface area contributed by atoms with Crippen molar-refractivity contribution in [3.05, 3.63) is 35.9 Å². The number of rotatable bonds is 3. The average Bonchev–Trinajstić information content (AvgIpc) is 2.58. The van der Waals surface area contributed by atoms with Crippen LogP contribution in [0.2, 0.25) is 0 Å². The lowest BCUT2D eigenvalue weighted by atomic mass is 9.81. The molecule has 0 bridgehead atoms. The number of cyclic esters (lactones) is 1. The highest BCUT2D eigenvalue weighted by Crippen LogP contribution is 2.35. The Hall–Kier alpha value is -1.84. The van der Waals surface area contributed by atoms with E-state index in [0.29, 0.717) is 0 Å². The van der Waals surface area contributed by atoms with E-state index in [1.165, 1.54) is 6.92 Å². The molecule has 0 unspecified atom stereocenters. The molecule has 4 heteroatoms. The Labute approximate surface area is 131 Å². The summed E-state index contributed by atoms with van der Waals surface area (Å²) < 4.78 is 11.2. The molecular weight excluding hydrogens is 280 g/mol. The SMILES string of the molecule is CC(=O)O[C@H]1[C@H](C)[C@H]([C@H](C)c2ccccc2)OC(=O)C[C@@H]1C. The number of esters is 2. The lowest BCUT2D eigenvalue weighted by Gasteiger charge is -2.33. The zero-order valence-corrected chi connectivity index (χ0v) is 13.6. The molecule has 1 saturated heterocycles. The first-order chi connectivity index (χ1) is 10.4. The monoisotopic (exact) mass is 304 g/mol. The van der Waals surface area contributed by atoms with Crippen molar-refractivity contribution in [2.24, 2.45) is 11.8 Å². The lowest BCUT2D eigenvalue weighted by molar-refractivity contribution is -0.155. The lowest BCUT2D eigenvalue weighted by Crippen LogP contribution is -2.38. The summed E-state index contributed by atoms with van der Waals surface area (Å²) in [5, 5.41) is 0. The topological polar surface area (TPSA) is 52.6 Å². The van der Waals surface area contributed by atoms with Gasteiger partial charge in [0.1, 0.15) is 12.2 Å². The summed E-state index contributed by atoms with van der Waals surface area (Å²) in [4.78, 5) is 23.4. The Morgan fingerprint density at radius 1 is 1.27 bits per heavy atom. The number of carbonyl (C=O) groups excluding carboxylic acids is 2. The minimum absolute atomic E-state index is 0.0422. The molecule has 1 aliphatic heterocycles. The van der Waals surface area contributed by atoms with Crippen LogP contribution < -0.4 is 0 Å². The van der Waals surface area contributed by atoms with Crippen molar-refractivity contribution in [3.8, 4) is 0 Å². The van der Waals surface area contributed by atoms with Crippen molar-refractivity contribution in [1.29, 1.82) is 0 Å². The zero-order valence-electron chi connectivity index (χ0n) is 13.6. The Bertz CT molecular complexity index is 525. The second-order valence-corrected chi connectivity index (χ2v) is 6.27. The number of carbonyl (C=O) groups is 2. The van der Waals surface area contributed by atoms with Crippen LogP contribution in [-0.2, 0) is 19.1 Å². The summed E-state index contributed by atoms with van der Waals surface area (Å²) in [6, 6.07) is 9.96. The van der Waals surface area contributed by atoms with E-state index in [2.05, 4.69) is 0 Å². The smallest absolute Gasteiger partial charge is 0.306 e. The molecule has 1 fully saturated rings. The van der Waals surface area contributed by atoms with E-state index in [-0.39, 0.29) is 48.3 Å². The van der Waals surface area contributed by atoms with Gasteiger partial charge in [-0.15, -0.1) is 0 Å². The van der Waals surface area contributed by atoms with Crippen LogP contribution in [0.1, 0.15) is 45.6 Å². The van der Waals surface area contributed by atoms with Crippen LogP contribution in [0.5, 0.6) is 0 Å². The summed E-state index contributed by atoms with van der Waals surface area (Å²) >= 11 is 0. The van der Waals surface area contributed by atoms with Gasteiger partial charge >= 0.3 is 11.9 Å². The molecule has 120 valence electrons. The fourth-order valence-corrected chi connectivity index (χ4v) is 3.31. The Kier molecular flexibility index (Phi) is 5.22. The molecule has 2 rings (SSSR count). The van der Waals surface area contributed by atoms with Gasteiger partial charge in [-0.2, -0.15) is 0 Å². The molecule has 0 radical (unpaired) electrons. The molecule has 0 aliphatic carbocycles. The molecule has 0 N–H and O–H groups in total. The van der Waals surface area contributed by atoms with E-state index >= 15 is 0 Å². The maximum absolute atomic E-state index is 12.1. The highest BCUT2D eigenvalue weighted by atomic mass is 16.6. The van der Waals surface area contributed by atoms with E-state index in [1.807, 2.05) is 51.1 Å².